The summed E-state index contributed by atoms with van der Waals surface area (Å²) in [6.45, 7) is 3.98. The zero-order valence-electron chi connectivity index (χ0n) is 10.1. The summed E-state index contributed by atoms with van der Waals surface area (Å²) in [7, 11) is 1.66. The molecule has 0 bridgehead atoms. The number of hydrogen-bond donors (Lipinski definition) is 1. The third kappa shape index (κ3) is 4.91. The maximum absolute atomic E-state index is 12.1. The number of anilines is 1. The van der Waals surface area contributed by atoms with E-state index < -0.39 is 5.76 Å². The molecule has 0 spiro atoms. The van der Waals surface area contributed by atoms with E-state index in [0.717, 1.165) is 5.69 Å². The van der Waals surface area contributed by atoms with Crippen molar-refractivity contribution in [2.45, 2.75) is 36.6 Å². The molecule has 2 atom stereocenters. The summed E-state index contributed by atoms with van der Waals surface area (Å²) in [5, 5.41) is 3.25. The molecular formula is C12H17F2NOS. The molecule has 0 saturated heterocycles. The minimum Gasteiger partial charge on any atom is -0.380 e. The van der Waals surface area contributed by atoms with E-state index in [1.54, 1.807) is 31.4 Å². The summed E-state index contributed by atoms with van der Waals surface area (Å²) < 4.78 is 29.4. The van der Waals surface area contributed by atoms with Gasteiger partial charge < -0.3 is 10.1 Å². The molecule has 0 fully saturated rings. The summed E-state index contributed by atoms with van der Waals surface area (Å²) in [6.07, 6.45) is 0.0881. The Morgan fingerprint density at radius 1 is 1.18 bits per heavy atom. The normalized spacial score (nSPS) is 14.7. The van der Waals surface area contributed by atoms with Crippen molar-refractivity contribution >= 4 is 17.4 Å². The van der Waals surface area contributed by atoms with Gasteiger partial charge in [-0.05, 0) is 38.1 Å². The second kappa shape index (κ2) is 6.81. The molecule has 0 aliphatic rings. The van der Waals surface area contributed by atoms with Crippen molar-refractivity contribution in [3.05, 3.63) is 24.3 Å². The number of rotatable bonds is 6. The second-order valence-corrected chi connectivity index (χ2v) is 4.84. The summed E-state index contributed by atoms with van der Waals surface area (Å²) >= 11 is 0.551. The molecule has 2 nitrogen and oxygen atoms in total. The maximum atomic E-state index is 12.1. The summed E-state index contributed by atoms with van der Waals surface area (Å²) in [5.74, 6) is -2.37. The lowest BCUT2D eigenvalue weighted by Gasteiger charge is -2.21. The Kier molecular flexibility index (Phi) is 5.71. The first-order valence-corrected chi connectivity index (χ1v) is 6.25. The Morgan fingerprint density at radius 3 is 2.24 bits per heavy atom. The van der Waals surface area contributed by atoms with E-state index in [4.69, 9.17) is 4.74 Å². The van der Waals surface area contributed by atoms with Crippen molar-refractivity contribution in [3.8, 4) is 0 Å². The number of halogens is 2. The van der Waals surface area contributed by atoms with E-state index in [2.05, 4.69) is 5.32 Å². The number of thioether (sulfide) groups is 1. The van der Waals surface area contributed by atoms with Gasteiger partial charge in [-0.2, -0.15) is 8.78 Å². The highest BCUT2D eigenvalue weighted by atomic mass is 32.2. The fourth-order valence-corrected chi connectivity index (χ4v) is 1.82. The number of benzene rings is 1. The minimum atomic E-state index is -2.37. The van der Waals surface area contributed by atoms with Crippen LogP contribution >= 0.6 is 11.8 Å². The molecule has 0 amide bonds. The maximum Gasteiger partial charge on any atom is 0.288 e. The SMILES string of the molecule is COC(C)C(C)Nc1ccc(SC(F)F)cc1. The minimum absolute atomic E-state index is 0.0881. The molecule has 0 aliphatic carbocycles. The van der Waals surface area contributed by atoms with E-state index in [9.17, 15) is 8.78 Å². The van der Waals surface area contributed by atoms with Crippen LogP contribution < -0.4 is 5.32 Å². The first-order valence-electron chi connectivity index (χ1n) is 5.37. The lowest BCUT2D eigenvalue weighted by Crippen LogP contribution is -2.29. The van der Waals surface area contributed by atoms with Crippen LogP contribution in [0.4, 0.5) is 14.5 Å². The number of ether oxygens (including phenoxy) is 1. The van der Waals surface area contributed by atoms with Gasteiger partial charge in [0.2, 0.25) is 0 Å². The van der Waals surface area contributed by atoms with Gasteiger partial charge in [0.15, 0.2) is 0 Å². The molecular weight excluding hydrogens is 244 g/mol. The molecule has 1 N–H and O–H groups in total. The molecule has 2 unspecified atom stereocenters. The van der Waals surface area contributed by atoms with Gasteiger partial charge >= 0.3 is 0 Å². The zero-order valence-corrected chi connectivity index (χ0v) is 10.9. The quantitative estimate of drug-likeness (QED) is 0.786. The van der Waals surface area contributed by atoms with Crippen molar-refractivity contribution in [2.75, 3.05) is 12.4 Å². The van der Waals surface area contributed by atoms with Gasteiger partial charge in [0.1, 0.15) is 0 Å². The number of alkyl halides is 2. The Bertz CT molecular complexity index is 332. The lowest BCUT2D eigenvalue weighted by molar-refractivity contribution is 0.106. The van der Waals surface area contributed by atoms with Crippen LogP contribution in [0.2, 0.25) is 0 Å². The van der Waals surface area contributed by atoms with Crippen molar-refractivity contribution < 1.29 is 13.5 Å². The highest BCUT2D eigenvalue weighted by Gasteiger charge is 2.10. The van der Waals surface area contributed by atoms with Gasteiger partial charge in [-0.3, -0.25) is 0 Å². The van der Waals surface area contributed by atoms with E-state index in [0.29, 0.717) is 16.7 Å². The number of methoxy groups -OCH3 is 1. The molecule has 0 heterocycles. The molecule has 1 aromatic carbocycles. The molecule has 1 rings (SSSR count). The van der Waals surface area contributed by atoms with Gasteiger partial charge in [-0.15, -0.1) is 0 Å². The Morgan fingerprint density at radius 2 is 1.76 bits per heavy atom. The van der Waals surface area contributed by atoms with Gasteiger partial charge in [-0.25, -0.2) is 0 Å². The molecule has 0 saturated carbocycles. The van der Waals surface area contributed by atoms with Crippen LogP contribution in [0.25, 0.3) is 0 Å². The summed E-state index contributed by atoms with van der Waals surface area (Å²) in [5.41, 5.74) is 0.903. The summed E-state index contributed by atoms with van der Waals surface area (Å²) in [4.78, 5) is 0.568. The first kappa shape index (κ1) is 14.3. The molecule has 0 aliphatic heterocycles. The standard InChI is InChI=1S/C12H17F2NOS/c1-8(9(2)16-3)15-10-4-6-11(7-5-10)17-12(13)14/h4-9,12,15H,1-3H3. The smallest absolute Gasteiger partial charge is 0.288 e. The van der Waals surface area contributed by atoms with Crippen LogP contribution in [0.5, 0.6) is 0 Å². The van der Waals surface area contributed by atoms with Crippen molar-refractivity contribution in [1.29, 1.82) is 0 Å². The van der Waals surface area contributed by atoms with Crippen molar-refractivity contribution in [2.24, 2.45) is 0 Å². The predicted molar refractivity (Wildman–Crippen MR) is 67.9 cm³/mol. The fraction of sp³-hybridized carbons (Fsp3) is 0.500. The van der Waals surface area contributed by atoms with Gasteiger partial charge in [0.05, 0.1) is 6.10 Å². The topological polar surface area (TPSA) is 21.3 Å². The Balaban J connectivity index is 2.56. The zero-order chi connectivity index (χ0) is 12.8. The summed E-state index contributed by atoms with van der Waals surface area (Å²) in [6, 6.07) is 7.12. The van der Waals surface area contributed by atoms with Crippen LogP contribution in [0, 0.1) is 0 Å². The fourth-order valence-electron chi connectivity index (χ4n) is 1.32. The van der Waals surface area contributed by atoms with Gasteiger partial charge in [0, 0.05) is 23.7 Å². The van der Waals surface area contributed by atoms with Crippen LogP contribution in [0.15, 0.2) is 29.2 Å². The van der Waals surface area contributed by atoms with Crippen LogP contribution in [0.3, 0.4) is 0 Å². The van der Waals surface area contributed by atoms with Gasteiger partial charge in [0.25, 0.3) is 5.76 Å². The second-order valence-electron chi connectivity index (χ2n) is 3.78. The van der Waals surface area contributed by atoms with Crippen LogP contribution in [-0.2, 0) is 4.74 Å². The monoisotopic (exact) mass is 261 g/mol. The first-order chi connectivity index (χ1) is 8.02. The van der Waals surface area contributed by atoms with E-state index in [1.807, 2.05) is 13.8 Å². The molecule has 5 heteroatoms. The predicted octanol–water partition coefficient (Wildman–Crippen LogP) is 3.84. The molecule has 0 radical (unpaired) electrons. The highest BCUT2D eigenvalue weighted by molar-refractivity contribution is 7.99. The van der Waals surface area contributed by atoms with Gasteiger partial charge in [-0.1, -0.05) is 11.8 Å². The largest absolute Gasteiger partial charge is 0.380 e. The van der Waals surface area contributed by atoms with Crippen LogP contribution in [0.1, 0.15) is 13.8 Å². The number of hydrogen-bond acceptors (Lipinski definition) is 3. The number of nitrogens with one attached hydrogen (secondary N) is 1. The van der Waals surface area contributed by atoms with E-state index in [1.165, 1.54) is 0 Å². The van der Waals surface area contributed by atoms with E-state index in [-0.39, 0.29) is 12.1 Å². The van der Waals surface area contributed by atoms with Crippen molar-refractivity contribution in [1.82, 2.24) is 0 Å². The molecule has 0 aromatic heterocycles. The molecule has 96 valence electrons. The molecule has 17 heavy (non-hydrogen) atoms. The molecule has 1 aromatic rings. The highest BCUT2D eigenvalue weighted by Crippen LogP contribution is 2.26. The third-order valence-electron chi connectivity index (χ3n) is 2.55. The van der Waals surface area contributed by atoms with Crippen molar-refractivity contribution in [3.63, 3.8) is 0 Å². The van der Waals surface area contributed by atoms with E-state index >= 15 is 0 Å². The average molecular weight is 261 g/mol. The Labute approximate surface area is 105 Å². The lowest BCUT2D eigenvalue weighted by atomic mass is 10.2. The van der Waals surface area contributed by atoms with Crippen LogP contribution in [-0.4, -0.2) is 25.0 Å². The Hall–Kier alpha value is -0.810. The average Bonchev–Trinajstić information content (AvgIpc) is 2.30. The third-order valence-corrected chi connectivity index (χ3v) is 3.27.